The van der Waals surface area contributed by atoms with Gasteiger partial charge in [0.05, 0.1) is 16.8 Å². The van der Waals surface area contributed by atoms with Gasteiger partial charge in [-0.1, -0.05) is 47.1 Å². The number of amides is 1. The Balaban J connectivity index is 1.30. The molecule has 1 fully saturated rings. The van der Waals surface area contributed by atoms with Gasteiger partial charge >= 0.3 is 6.09 Å². The molecule has 1 aliphatic heterocycles. The normalized spacial score (nSPS) is 14.2. The Morgan fingerprint density at radius 1 is 1.18 bits per heavy atom. The zero-order valence-electron chi connectivity index (χ0n) is 23.0. The molecule has 1 aliphatic rings. The molecule has 40 heavy (non-hydrogen) atoms. The van der Waals surface area contributed by atoms with Crippen LogP contribution in [0.2, 0.25) is 5.02 Å². The zero-order chi connectivity index (χ0) is 28.5. The summed E-state index contributed by atoms with van der Waals surface area (Å²) in [5.41, 5.74) is 7.83. The number of piperidine rings is 1. The van der Waals surface area contributed by atoms with Crippen LogP contribution in [0.1, 0.15) is 44.7 Å². The molecule has 1 aromatic heterocycles. The van der Waals surface area contributed by atoms with E-state index in [1.807, 2.05) is 57.2 Å². The standard InChI is InChI=1S/C29H35ClN6O4/c1-29(2,3)40-28(37)36-13-11-21(12-14-36)18-39-34-16-23-26(31)32-19-33-27(23)35-22-9-10-25(24(30)15-22)38-17-20-7-5-4-6-8-20/h4-10,15-16,19,21H,11-14,17-18H2,1-3H3,(H3,31,32,33,35). The summed E-state index contributed by atoms with van der Waals surface area (Å²) in [6.45, 7) is 7.68. The van der Waals surface area contributed by atoms with E-state index >= 15 is 0 Å². The third-order valence-electron chi connectivity index (χ3n) is 6.18. The molecule has 3 aromatic rings. The van der Waals surface area contributed by atoms with E-state index in [0.717, 1.165) is 18.4 Å². The molecule has 0 atom stereocenters. The maximum atomic E-state index is 12.3. The minimum Gasteiger partial charge on any atom is -0.487 e. The van der Waals surface area contributed by atoms with Gasteiger partial charge in [-0.05, 0) is 63.3 Å². The largest absolute Gasteiger partial charge is 0.487 e. The molecule has 212 valence electrons. The van der Waals surface area contributed by atoms with Crippen LogP contribution in [0.25, 0.3) is 0 Å². The van der Waals surface area contributed by atoms with Crippen LogP contribution in [-0.2, 0) is 16.2 Å². The second kappa shape index (κ2) is 13.3. The zero-order valence-corrected chi connectivity index (χ0v) is 23.7. The van der Waals surface area contributed by atoms with Crippen molar-refractivity contribution in [3.8, 4) is 5.75 Å². The van der Waals surface area contributed by atoms with Crippen LogP contribution in [-0.4, -0.2) is 52.5 Å². The third-order valence-corrected chi connectivity index (χ3v) is 6.47. The van der Waals surface area contributed by atoms with Gasteiger partial charge in [-0.2, -0.15) is 0 Å². The molecule has 0 unspecified atom stereocenters. The molecule has 0 saturated carbocycles. The van der Waals surface area contributed by atoms with Crippen LogP contribution in [0.5, 0.6) is 5.75 Å². The van der Waals surface area contributed by atoms with Crippen molar-refractivity contribution in [3.63, 3.8) is 0 Å². The number of halogens is 1. The lowest BCUT2D eigenvalue weighted by Crippen LogP contribution is -2.42. The van der Waals surface area contributed by atoms with Gasteiger partial charge in [0.15, 0.2) is 0 Å². The number of aromatic nitrogens is 2. The van der Waals surface area contributed by atoms with Gasteiger partial charge in [-0.25, -0.2) is 14.8 Å². The molecule has 0 aliphatic carbocycles. The number of nitrogens with two attached hydrogens (primary N) is 1. The highest BCUT2D eigenvalue weighted by Crippen LogP contribution is 2.30. The van der Waals surface area contributed by atoms with E-state index in [-0.39, 0.29) is 17.8 Å². The number of carbonyl (C=O) groups excluding carboxylic acids is 1. The molecule has 3 N–H and O–H groups in total. The number of hydrogen-bond acceptors (Lipinski definition) is 9. The van der Waals surface area contributed by atoms with Crippen molar-refractivity contribution in [2.24, 2.45) is 11.1 Å². The van der Waals surface area contributed by atoms with Crippen LogP contribution in [0, 0.1) is 5.92 Å². The number of benzene rings is 2. The molecule has 0 spiro atoms. The maximum Gasteiger partial charge on any atom is 0.410 e. The Labute approximate surface area is 239 Å². The summed E-state index contributed by atoms with van der Waals surface area (Å²) in [4.78, 5) is 27.9. The first kappa shape index (κ1) is 28.9. The minimum absolute atomic E-state index is 0.254. The Kier molecular flexibility index (Phi) is 9.65. The van der Waals surface area contributed by atoms with Gasteiger partial charge < -0.3 is 30.3 Å². The molecule has 11 heteroatoms. The van der Waals surface area contributed by atoms with Gasteiger partial charge in [0.25, 0.3) is 0 Å². The summed E-state index contributed by atoms with van der Waals surface area (Å²) >= 11 is 6.47. The van der Waals surface area contributed by atoms with E-state index in [1.54, 1.807) is 17.0 Å². The first-order chi connectivity index (χ1) is 19.2. The lowest BCUT2D eigenvalue weighted by molar-refractivity contribution is 0.0122. The lowest BCUT2D eigenvalue weighted by atomic mass is 9.98. The number of carbonyl (C=O) groups is 1. The highest BCUT2D eigenvalue weighted by molar-refractivity contribution is 6.32. The molecular weight excluding hydrogens is 532 g/mol. The number of nitrogens with zero attached hydrogens (tertiary/aromatic N) is 4. The summed E-state index contributed by atoms with van der Waals surface area (Å²) < 4.78 is 11.3. The monoisotopic (exact) mass is 566 g/mol. The predicted molar refractivity (Wildman–Crippen MR) is 156 cm³/mol. The van der Waals surface area contributed by atoms with Gasteiger partial charge in [0.2, 0.25) is 0 Å². The number of oxime groups is 1. The van der Waals surface area contributed by atoms with Crippen molar-refractivity contribution in [2.45, 2.75) is 45.8 Å². The fraction of sp³-hybridized carbons (Fsp3) is 0.379. The van der Waals surface area contributed by atoms with Crippen molar-refractivity contribution in [3.05, 3.63) is 71.0 Å². The molecule has 10 nitrogen and oxygen atoms in total. The number of nitrogen functional groups attached to an aromatic ring is 1. The predicted octanol–water partition coefficient (Wildman–Crippen LogP) is 6.03. The average molecular weight is 567 g/mol. The molecule has 0 radical (unpaired) electrons. The Bertz CT molecular complexity index is 1310. The summed E-state index contributed by atoms with van der Waals surface area (Å²) in [5.74, 6) is 1.57. The summed E-state index contributed by atoms with van der Waals surface area (Å²) in [6.07, 6.45) is 4.20. The number of rotatable bonds is 9. The van der Waals surface area contributed by atoms with Crippen molar-refractivity contribution >= 4 is 41.2 Å². The molecule has 1 saturated heterocycles. The third kappa shape index (κ3) is 8.47. The van der Waals surface area contributed by atoms with Gasteiger partial charge in [0, 0.05) is 18.8 Å². The van der Waals surface area contributed by atoms with E-state index in [4.69, 9.17) is 31.6 Å². The first-order valence-electron chi connectivity index (χ1n) is 13.1. The average Bonchev–Trinajstić information content (AvgIpc) is 2.92. The smallest absolute Gasteiger partial charge is 0.410 e. The van der Waals surface area contributed by atoms with E-state index in [2.05, 4.69) is 20.4 Å². The summed E-state index contributed by atoms with van der Waals surface area (Å²) in [6, 6.07) is 15.3. The number of ether oxygens (including phenoxy) is 2. The Morgan fingerprint density at radius 2 is 1.93 bits per heavy atom. The highest BCUT2D eigenvalue weighted by Gasteiger charge is 2.27. The van der Waals surface area contributed by atoms with Crippen LogP contribution < -0.4 is 15.8 Å². The molecule has 0 bridgehead atoms. The van der Waals surface area contributed by atoms with Crippen molar-refractivity contribution in [1.82, 2.24) is 14.9 Å². The van der Waals surface area contributed by atoms with Gasteiger partial charge in [-0.3, -0.25) is 0 Å². The van der Waals surface area contributed by atoms with Crippen LogP contribution in [0.4, 0.5) is 22.1 Å². The van der Waals surface area contributed by atoms with Crippen LogP contribution in [0.3, 0.4) is 0 Å². The summed E-state index contributed by atoms with van der Waals surface area (Å²) in [7, 11) is 0. The van der Waals surface area contributed by atoms with E-state index < -0.39 is 5.60 Å². The van der Waals surface area contributed by atoms with E-state index in [9.17, 15) is 4.79 Å². The molecule has 2 heterocycles. The summed E-state index contributed by atoms with van der Waals surface area (Å²) in [5, 5.41) is 7.78. The second-order valence-electron chi connectivity index (χ2n) is 10.5. The van der Waals surface area contributed by atoms with Gasteiger partial charge in [0.1, 0.15) is 42.5 Å². The lowest BCUT2D eigenvalue weighted by Gasteiger charge is -2.32. The topological polar surface area (TPSA) is 124 Å². The Hall–Kier alpha value is -4.05. The maximum absolute atomic E-state index is 12.3. The molecular formula is C29H35ClN6O4. The highest BCUT2D eigenvalue weighted by atomic mass is 35.5. The van der Waals surface area contributed by atoms with Crippen molar-refractivity contribution in [1.29, 1.82) is 0 Å². The first-order valence-corrected chi connectivity index (χ1v) is 13.5. The van der Waals surface area contributed by atoms with Crippen molar-refractivity contribution < 1.29 is 19.1 Å². The van der Waals surface area contributed by atoms with Crippen LogP contribution >= 0.6 is 11.6 Å². The fourth-order valence-corrected chi connectivity index (χ4v) is 4.29. The molecule has 4 rings (SSSR count). The van der Waals surface area contributed by atoms with Crippen molar-refractivity contribution in [2.75, 3.05) is 30.7 Å². The fourth-order valence-electron chi connectivity index (χ4n) is 4.05. The van der Waals surface area contributed by atoms with Gasteiger partial charge in [-0.15, -0.1) is 0 Å². The quantitative estimate of drug-likeness (QED) is 0.237. The molecule has 1 amide bonds. The number of nitrogens with one attached hydrogen (secondary N) is 1. The molecule has 2 aromatic carbocycles. The Morgan fingerprint density at radius 3 is 2.62 bits per heavy atom. The minimum atomic E-state index is -0.505. The second-order valence-corrected chi connectivity index (χ2v) is 10.9. The SMILES string of the molecule is CC(C)(C)OC(=O)N1CCC(CON=Cc2c(N)ncnc2Nc2ccc(OCc3ccccc3)c(Cl)c2)CC1. The van der Waals surface area contributed by atoms with Crippen LogP contribution in [0.15, 0.2) is 60.0 Å². The number of hydrogen-bond donors (Lipinski definition) is 2. The van der Waals surface area contributed by atoms with E-state index in [1.165, 1.54) is 12.5 Å². The van der Waals surface area contributed by atoms with E-state index in [0.29, 0.717) is 54.1 Å². The number of anilines is 3. The number of likely N-dealkylation sites (tertiary alicyclic amines) is 1.